The summed E-state index contributed by atoms with van der Waals surface area (Å²) in [4.78, 5) is 18.5. The number of alkyl halides is 3. The molecule has 1 saturated heterocycles. The minimum absolute atomic E-state index is 0.0680. The van der Waals surface area contributed by atoms with E-state index < -0.39 is 42.2 Å². The van der Waals surface area contributed by atoms with Crippen molar-refractivity contribution in [3.63, 3.8) is 0 Å². The summed E-state index contributed by atoms with van der Waals surface area (Å²) < 4.78 is 54.5. The number of carbonyl (C=O) groups is 1. The molecule has 37 heavy (non-hydrogen) atoms. The van der Waals surface area contributed by atoms with Gasteiger partial charge in [-0.25, -0.2) is 9.78 Å². The third-order valence-electron chi connectivity index (χ3n) is 5.80. The Kier molecular flexibility index (Phi) is 7.91. The third kappa shape index (κ3) is 6.34. The van der Waals surface area contributed by atoms with Crippen molar-refractivity contribution in [3.05, 3.63) is 72.2 Å². The zero-order valence-corrected chi connectivity index (χ0v) is 19.6. The highest BCUT2D eigenvalue weighted by Gasteiger charge is 2.39. The molecule has 1 aliphatic rings. The number of aromatic nitrogens is 2. The van der Waals surface area contributed by atoms with Gasteiger partial charge in [0.2, 0.25) is 0 Å². The molecule has 0 bridgehead atoms. The number of carbonyl (C=O) groups excluding carboxylic acids is 1. The van der Waals surface area contributed by atoms with E-state index >= 15 is 0 Å². The first-order valence-corrected chi connectivity index (χ1v) is 11.2. The SMILES string of the molecule is COC(=O)c1ccc(-c2ccc(OC[C@H]3OC[C@H](Nc4cncc(C(F)(F)F)n4)[C@@H](O)[C@H]3O)cc2)cc1. The topological polar surface area (TPSA) is 123 Å². The molecule has 1 aromatic heterocycles. The second-order valence-electron chi connectivity index (χ2n) is 8.30. The number of benzene rings is 2. The molecule has 4 atom stereocenters. The summed E-state index contributed by atoms with van der Waals surface area (Å²) in [6.07, 6.45) is -6.57. The lowest BCUT2D eigenvalue weighted by atomic mass is 9.98. The van der Waals surface area contributed by atoms with Crippen LogP contribution in [0.2, 0.25) is 0 Å². The molecular formula is C25H24F3N3O6. The van der Waals surface area contributed by atoms with Gasteiger partial charge in [-0.1, -0.05) is 24.3 Å². The van der Waals surface area contributed by atoms with Crippen LogP contribution in [-0.4, -0.2) is 70.8 Å². The first kappa shape index (κ1) is 26.3. The van der Waals surface area contributed by atoms with Crippen LogP contribution in [0, 0.1) is 0 Å². The van der Waals surface area contributed by atoms with E-state index in [2.05, 4.69) is 15.3 Å². The Balaban J connectivity index is 1.31. The standard InChI is InChI=1S/C25H24F3N3O6/c1-35-24(34)16-4-2-14(3-5-16)15-6-8-17(9-7-15)36-13-19-23(33)22(32)18(12-37-19)30-21-11-29-10-20(31-21)25(26,27)28/h2-11,18-19,22-23,32-33H,12-13H2,1H3,(H,30,31)/t18-,19+,22+,23-/m0/s1. The van der Waals surface area contributed by atoms with Crippen molar-refractivity contribution in [2.24, 2.45) is 0 Å². The number of ether oxygens (including phenoxy) is 3. The number of nitrogens with zero attached hydrogens (tertiary/aromatic N) is 2. The van der Waals surface area contributed by atoms with Gasteiger partial charge in [-0.3, -0.25) is 4.98 Å². The average Bonchev–Trinajstić information content (AvgIpc) is 2.90. The molecule has 0 amide bonds. The van der Waals surface area contributed by atoms with Crippen LogP contribution in [0.3, 0.4) is 0 Å². The molecule has 1 aliphatic heterocycles. The number of hydrogen-bond donors (Lipinski definition) is 3. The predicted octanol–water partition coefficient (Wildman–Crippen LogP) is 2.93. The third-order valence-corrected chi connectivity index (χ3v) is 5.80. The van der Waals surface area contributed by atoms with Crippen molar-refractivity contribution in [3.8, 4) is 16.9 Å². The Morgan fingerprint density at radius 3 is 2.32 bits per heavy atom. The normalized spacial score (nSPS) is 21.8. The largest absolute Gasteiger partial charge is 0.491 e. The van der Waals surface area contributed by atoms with E-state index in [4.69, 9.17) is 14.2 Å². The van der Waals surface area contributed by atoms with Gasteiger partial charge < -0.3 is 29.7 Å². The van der Waals surface area contributed by atoms with Crippen LogP contribution in [0.15, 0.2) is 60.9 Å². The van der Waals surface area contributed by atoms with Gasteiger partial charge in [-0.05, 0) is 35.4 Å². The van der Waals surface area contributed by atoms with Crippen molar-refractivity contribution in [2.45, 2.75) is 30.5 Å². The van der Waals surface area contributed by atoms with Gasteiger partial charge in [-0.15, -0.1) is 0 Å². The van der Waals surface area contributed by atoms with Crippen LogP contribution >= 0.6 is 0 Å². The Bertz CT molecular complexity index is 1210. The summed E-state index contributed by atoms with van der Waals surface area (Å²) in [5, 5.41) is 23.6. The number of esters is 1. The van der Waals surface area contributed by atoms with Crippen molar-refractivity contribution in [2.75, 3.05) is 25.6 Å². The van der Waals surface area contributed by atoms with E-state index in [0.29, 0.717) is 17.5 Å². The van der Waals surface area contributed by atoms with E-state index in [1.807, 2.05) is 12.1 Å². The van der Waals surface area contributed by atoms with Gasteiger partial charge in [0.25, 0.3) is 0 Å². The molecule has 2 aromatic carbocycles. The fourth-order valence-electron chi connectivity index (χ4n) is 3.76. The lowest BCUT2D eigenvalue weighted by molar-refractivity contribution is -0.150. The van der Waals surface area contributed by atoms with Crippen LogP contribution in [0.1, 0.15) is 16.1 Å². The molecule has 0 radical (unpaired) electrons. The summed E-state index contributed by atoms with van der Waals surface area (Å²) >= 11 is 0. The van der Waals surface area contributed by atoms with Gasteiger partial charge in [0.15, 0.2) is 5.69 Å². The van der Waals surface area contributed by atoms with Gasteiger partial charge in [0, 0.05) is 0 Å². The van der Waals surface area contributed by atoms with E-state index in [0.717, 1.165) is 17.3 Å². The molecule has 9 nitrogen and oxygen atoms in total. The number of halogens is 3. The van der Waals surface area contributed by atoms with Gasteiger partial charge in [-0.2, -0.15) is 13.2 Å². The van der Waals surface area contributed by atoms with Crippen LogP contribution < -0.4 is 10.1 Å². The number of methoxy groups -OCH3 is 1. The number of nitrogens with one attached hydrogen (secondary N) is 1. The van der Waals surface area contributed by atoms with Crippen LogP contribution in [0.25, 0.3) is 11.1 Å². The van der Waals surface area contributed by atoms with Gasteiger partial charge in [0.05, 0.1) is 37.7 Å². The molecule has 2 heterocycles. The van der Waals surface area contributed by atoms with Crippen molar-refractivity contribution < 1.29 is 42.4 Å². The minimum Gasteiger partial charge on any atom is -0.491 e. The number of hydrogen-bond acceptors (Lipinski definition) is 9. The highest BCUT2D eigenvalue weighted by atomic mass is 19.4. The van der Waals surface area contributed by atoms with Crippen LogP contribution in [0.5, 0.6) is 5.75 Å². The first-order valence-electron chi connectivity index (χ1n) is 11.2. The number of aliphatic hydroxyl groups excluding tert-OH is 2. The molecule has 196 valence electrons. The number of anilines is 1. The number of aliphatic hydroxyl groups is 2. The lowest BCUT2D eigenvalue weighted by Crippen LogP contribution is -2.57. The number of rotatable bonds is 7. The minimum atomic E-state index is -4.67. The Morgan fingerprint density at radius 1 is 1.05 bits per heavy atom. The molecule has 0 saturated carbocycles. The highest BCUT2D eigenvalue weighted by molar-refractivity contribution is 5.89. The zero-order valence-electron chi connectivity index (χ0n) is 19.6. The van der Waals surface area contributed by atoms with Gasteiger partial charge in [0.1, 0.15) is 36.5 Å². The van der Waals surface area contributed by atoms with E-state index in [1.165, 1.54) is 7.11 Å². The molecule has 12 heteroatoms. The van der Waals surface area contributed by atoms with E-state index in [1.54, 1.807) is 36.4 Å². The molecule has 0 aliphatic carbocycles. The summed E-state index contributed by atoms with van der Waals surface area (Å²) in [7, 11) is 1.32. The van der Waals surface area contributed by atoms with E-state index in [-0.39, 0.29) is 19.0 Å². The summed E-state index contributed by atoms with van der Waals surface area (Å²) in [6.45, 7) is -0.174. The monoisotopic (exact) mass is 519 g/mol. The Hall–Kier alpha value is -3.74. The molecule has 3 N–H and O–H groups in total. The fraction of sp³-hybridized carbons (Fsp3) is 0.320. The molecule has 1 fully saturated rings. The second-order valence-corrected chi connectivity index (χ2v) is 8.30. The Morgan fingerprint density at radius 2 is 1.70 bits per heavy atom. The van der Waals surface area contributed by atoms with Crippen molar-refractivity contribution in [1.82, 2.24) is 9.97 Å². The maximum absolute atomic E-state index is 12.8. The molecule has 0 spiro atoms. The zero-order chi connectivity index (χ0) is 26.6. The molecule has 0 unspecified atom stereocenters. The Labute approximate surface area is 209 Å². The first-order chi connectivity index (χ1) is 17.7. The highest BCUT2D eigenvalue weighted by Crippen LogP contribution is 2.28. The van der Waals surface area contributed by atoms with Crippen molar-refractivity contribution in [1.29, 1.82) is 0 Å². The van der Waals surface area contributed by atoms with Gasteiger partial charge >= 0.3 is 12.1 Å². The molecule has 4 rings (SSSR count). The maximum atomic E-state index is 12.8. The average molecular weight is 519 g/mol. The molecule has 3 aromatic rings. The fourth-order valence-corrected chi connectivity index (χ4v) is 3.76. The quantitative estimate of drug-likeness (QED) is 0.405. The summed E-state index contributed by atoms with van der Waals surface area (Å²) in [5.74, 6) is -0.122. The van der Waals surface area contributed by atoms with Crippen LogP contribution in [0.4, 0.5) is 19.0 Å². The summed E-state index contributed by atoms with van der Waals surface area (Å²) in [5.41, 5.74) is 1.04. The second kappa shape index (κ2) is 11.1. The van der Waals surface area contributed by atoms with E-state index in [9.17, 15) is 28.2 Å². The molecular weight excluding hydrogens is 495 g/mol. The van der Waals surface area contributed by atoms with Crippen molar-refractivity contribution >= 4 is 11.8 Å². The van der Waals surface area contributed by atoms with Crippen LogP contribution in [-0.2, 0) is 15.7 Å². The summed E-state index contributed by atoms with van der Waals surface area (Å²) in [6, 6.07) is 13.1. The smallest absolute Gasteiger partial charge is 0.434 e. The predicted molar refractivity (Wildman–Crippen MR) is 125 cm³/mol. The maximum Gasteiger partial charge on any atom is 0.434 e. The lowest BCUT2D eigenvalue weighted by Gasteiger charge is -2.37.